The van der Waals surface area contributed by atoms with E-state index in [1.165, 1.54) is 37.7 Å². The van der Waals surface area contributed by atoms with Crippen LogP contribution in [0.25, 0.3) is 0 Å². The van der Waals surface area contributed by atoms with Crippen LogP contribution >= 0.6 is 0 Å². The Bertz CT molecular complexity index is 177. The lowest BCUT2D eigenvalue weighted by Gasteiger charge is -2.23. The molecule has 0 amide bonds. The summed E-state index contributed by atoms with van der Waals surface area (Å²) >= 11 is 0. The summed E-state index contributed by atoms with van der Waals surface area (Å²) in [6, 6.07) is 0.556. The van der Waals surface area contributed by atoms with Gasteiger partial charge in [-0.05, 0) is 31.4 Å². The first-order valence-corrected chi connectivity index (χ1v) is 5.92. The van der Waals surface area contributed by atoms with Crippen molar-refractivity contribution >= 4 is 0 Å². The van der Waals surface area contributed by atoms with Crippen molar-refractivity contribution in [1.29, 1.82) is 0 Å². The van der Waals surface area contributed by atoms with Gasteiger partial charge in [-0.1, -0.05) is 26.7 Å². The molecule has 0 bridgehead atoms. The van der Waals surface area contributed by atoms with Gasteiger partial charge in [0.2, 0.25) is 0 Å². The molecule has 0 fully saturated rings. The molecule has 2 heteroatoms. The molecule has 14 heavy (non-hydrogen) atoms. The second kappa shape index (κ2) is 6.88. The first kappa shape index (κ1) is 11.6. The molecule has 1 aliphatic heterocycles. The Balaban J connectivity index is 2.42. The maximum atomic E-state index is 5.39. The fourth-order valence-corrected chi connectivity index (χ4v) is 1.91. The van der Waals surface area contributed by atoms with Crippen LogP contribution in [-0.2, 0) is 4.74 Å². The van der Waals surface area contributed by atoms with E-state index in [2.05, 4.69) is 19.2 Å². The molecule has 0 saturated carbocycles. The second-order valence-electron chi connectivity index (χ2n) is 3.92. The fraction of sp³-hybridized carbons (Fsp3) is 0.833. The van der Waals surface area contributed by atoms with Crippen LogP contribution in [0.4, 0.5) is 0 Å². The molecule has 0 aromatic heterocycles. The number of hydrogen-bond acceptors (Lipinski definition) is 2. The molecule has 0 aliphatic carbocycles. The smallest absolute Gasteiger partial charge is 0.0876 e. The van der Waals surface area contributed by atoms with Crippen LogP contribution in [-0.4, -0.2) is 19.2 Å². The van der Waals surface area contributed by atoms with E-state index in [1.807, 2.05) is 6.26 Å². The predicted molar refractivity (Wildman–Crippen MR) is 60.3 cm³/mol. The first-order chi connectivity index (χ1) is 6.88. The van der Waals surface area contributed by atoms with E-state index in [0.717, 1.165) is 13.2 Å². The number of unbranched alkanes of at least 4 members (excludes halogenated alkanes) is 1. The van der Waals surface area contributed by atoms with Crippen LogP contribution in [0.3, 0.4) is 0 Å². The molecule has 0 spiro atoms. The molecule has 82 valence electrons. The van der Waals surface area contributed by atoms with E-state index in [0.29, 0.717) is 6.04 Å². The van der Waals surface area contributed by atoms with Gasteiger partial charge in [-0.3, -0.25) is 0 Å². The predicted octanol–water partition coefficient (Wildman–Crippen LogP) is 2.85. The van der Waals surface area contributed by atoms with E-state index in [1.54, 1.807) is 0 Å². The van der Waals surface area contributed by atoms with E-state index < -0.39 is 0 Å². The minimum Gasteiger partial charge on any atom is -0.501 e. The number of ether oxygens (including phenoxy) is 1. The SMILES string of the molecule is CCCCC(NCC)C1=COCCC1. The molecule has 1 atom stereocenters. The topological polar surface area (TPSA) is 21.3 Å². The van der Waals surface area contributed by atoms with Gasteiger partial charge in [0, 0.05) is 6.04 Å². The average molecular weight is 197 g/mol. The van der Waals surface area contributed by atoms with Crippen molar-refractivity contribution in [3.8, 4) is 0 Å². The van der Waals surface area contributed by atoms with Gasteiger partial charge >= 0.3 is 0 Å². The van der Waals surface area contributed by atoms with Crippen LogP contribution in [0.2, 0.25) is 0 Å². The normalized spacial score (nSPS) is 18.6. The summed E-state index contributed by atoms with van der Waals surface area (Å²) in [5.74, 6) is 0. The third-order valence-corrected chi connectivity index (χ3v) is 2.71. The minimum absolute atomic E-state index is 0.556. The summed E-state index contributed by atoms with van der Waals surface area (Å²) < 4.78 is 5.39. The van der Waals surface area contributed by atoms with Gasteiger partial charge in [0.1, 0.15) is 0 Å². The van der Waals surface area contributed by atoms with Crippen LogP contribution in [0.15, 0.2) is 11.8 Å². The maximum absolute atomic E-state index is 5.39. The highest BCUT2D eigenvalue weighted by atomic mass is 16.5. The maximum Gasteiger partial charge on any atom is 0.0876 e. The number of nitrogens with one attached hydrogen (secondary N) is 1. The highest BCUT2D eigenvalue weighted by molar-refractivity contribution is 5.09. The Morgan fingerprint density at radius 1 is 1.50 bits per heavy atom. The highest BCUT2D eigenvalue weighted by Gasteiger charge is 2.15. The monoisotopic (exact) mass is 197 g/mol. The van der Waals surface area contributed by atoms with Gasteiger partial charge in [0.25, 0.3) is 0 Å². The molecule has 1 unspecified atom stereocenters. The van der Waals surface area contributed by atoms with E-state index in [9.17, 15) is 0 Å². The summed E-state index contributed by atoms with van der Waals surface area (Å²) in [5, 5.41) is 3.54. The molecule has 1 heterocycles. The van der Waals surface area contributed by atoms with E-state index in [-0.39, 0.29) is 0 Å². The zero-order valence-corrected chi connectivity index (χ0v) is 9.51. The summed E-state index contributed by atoms with van der Waals surface area (Å²) in [6.45, 7) is 6.36. The van der Waals surface area contributed by atoms with Gasteiger partial charge in [-0.25, -0.2) is 0 Å². The number of hydrogen-bond donors (Lipinski definition) is 1. The van der Waals surface area contributed by atoms with E-state index in [4.69, 9.17) is 4.74 Å². The van der Waals surface area contributed by atoms with Gasteiger partial charge in [-0.15, -0.1) is 0 Å². The molecule has 0 saturated heterocycles. The molecule has 0 aromatic rings. The molecule has 2 nitrogen and oxygen atoms in total. The van der Waals surface area contributed by atoms with Crippen molar-refractivity contribution in [1.82, 2.24) is 5.32 Å². The van der Waals surface area contributed by atoms with Gasteiger partial charge < -0.3 is 10.1 Å². The van der Waals surface area contributed by atoms with Crippen molar-refractivity contribution in [3.63, 3.8) is 0 Å². The second-order valence-corrected chi connectivity index (χ2v) is 3.92. The lowest BCUT2D eigenvalue weighted by atomic mass is 9.97. The van der Waals surface area contributed by atoms with Gasteiger partial charge in [0.05, 0.1) is 12.9 Å². The Kier molecular flexibility index (Phi) is 5.69. The van der Waals surface area contributed by atoms with Crippen molar-refractivity contribution < 1.29 is 4.74 Å². The summed E-state index contributed by atoms with van der Waals surface area (Å²) in [7, 11) is 0. The lowest BCUT2D eigenvalue weighted by molar-refractivity contribution is 0.218. The Morgan fingerprint density at radius 2 is 2.36 bits per heavy atom. The van der Waals surface area contributed by atoms with Crippen molar-refractivity contribution in [3.05, 3.63) is 11.8 Å². The van der Waals surface area contributed by atoms with Crippen LogP contribution < -0.4 is 5.32 Å². The largest absolute Gasteiger partial charge is 0.501 e. The minimum atomic E-state index is 0.556. The first-order valence-electron chi connectivity index (χ1n) is 5.92. The lowest BCUT2D eigenvalue weighted by Crippen LogP contribution is -2.31. The van der Waals surface area contributed by atoms with Crippen molar-refractivity contribution in [2.75, 3.05) is 13.2 Å². The number of likely N-dealkylation sites (N-methyl/N-ethyl adjacent to an activating group) is 1. The molecule has 0 aromatic carbocycles. The number of rotatable bonds is 6. The Morgan fingerprint density at radius 3 is 2.93 bits per heavy atom. The van der Waals surface area contributed by atoms with Crippen molar-refractivity contribution in [2.45, 2.75) is 52.0 Å². The molecule has 0 radical (unpaired) electrons. The Hall–Kier alpha value is -0.500. The molecular formula is C12H23NO. The van der Waals surface area contributed by atoms with Gasteiger partial charge in [0.15, 0.2) is 0 Å². The van der Waals surface area contributed by atoms with E-state index >= 15 is 0 Å². The standard InChI is InChI=1S/C12H23NO/c1-3-5-8-12(13-4-2)11-7-6-9-14-10-11/h10,12-13H,3-9H2,1-2H3. The summed E-state index contributed by atoms with van der Waals surface area (Å²) in [4.78, 5) is 0. The quantitative estimate of drug-likeness (QED) is 0.707. The fourth-order valence-electron chi connectivity index (χ4n) is 1.91. The third kappa shape index (κ3) is 3.70. The summed E-state index contributed by atoms with van der Waals surface area (Å²) in [5.41, 5.74) is 1.46. The van der Waals surface area contributed by atoms with Crippen molar-refractivity contribution in [2.24, 2.45) is 0 Å². The molecule has 1 aliphatic rings. The highest BCUT2D eigenvalue weighted by Crippen LogP contribution is 2.19. The zero-order chi connectivity index (χ0) is 10.2. The molecular weight excluding hydrogens is 174 g/mol. The summed E-state index contributed by atoms with van der Waals surface area (Å²) in [6.07, 6.45) is 8.19. The average Bonchev–Trinajstić information content (AvgIpc) is 2.25. The Labute approximate surface area is 87.7 Å². The zero-order valence-electron chi connectivity index (χ0n) is 9.51. The molecule has 1 rings (SSSR count). The van der Waals surface area contributed by atoms with Gasteiger partial charge in [-0.2, -0.15) is 0 Å². The third-order valence-electron chi connectivity index (χ3n) is 2.71. The van der Waals surface area contributed by atoms with Crippen LogP contribution in [0, 0.1) is 0 Å². The van der Waals surface area contributed by atoms with Crippen LogP contribution in [0.1, 0.15) is 46.0 Å². The van der Waals surface area contributed by atoms with Crippen LogP contribution in [0.5, 0.6) is 0 Å². The molecule has 1 N–H and O–H groups in total.